The van der Waals surface area contributed by atoms with E-state index in [4.69, 9.17) is 15.0 Å². The largest absolute Gasteiger partial charge is 0.345 e. The van der Waals surface area contributed by atoms with Crippen LogP contribution in [-0.2, 0) is 19.5 Å². The molecule has 0 aliphatic heterocycles. The first-order chi connectivity index (χ1) is 8.88. The summed E-state index contributed by atoms with van der Waals surface area (Å²) in [5, 5.41) is 8.87. The van der Waals surface area contributed by atoms with Crippen molar-refractivity contribution in [3.63, 3.8) is 0 Å². The van der Waals surface area contributed by atoms with Gasteiger partial charge in [-0.2, -0.15) is 4.89 Å². The minimum atomic E-state index is -1.31. The maximum Gasteiger partial charge on any atom is 0.345 e. The van der Waals surface area contributed by atoms with Crippen LogP contribution in [0.25, 0.3) is 0 Å². The third-order valence-electron chi connectivity index (χ3n) is 3.00. The van der Waals surface area contributed by atoms with Gasteiger partial charge in [-0.05, 0) is 25.7 Å². The van der Waals surface area contributed by atoms with Gasteiger partial charge in [-0.15, -0.1) is 4.89 Å². The molecule has 0 bridgehead atoms. The average molecular weight is 276 g/mol. The van der Waals surface area contributed by atoms with E-state index in [0.29, 0.717) is 12.8 Å². The monoisotopic (exact) mass is 276 g/mol. The average Bonchev–Trinajstić information content (AvgIpc) is 2.36. The molecule has 2 atom stereocenters. The molecule has 2 unspecified atom stereocenters. The molecule has 5 heteroatoms. The zero-order chi connectivity index (χ0) is 14.9. The van der Waals surface area contributed by atoms with Crippen molar-refractivity contribution in [2.24, 2.45) is 11.8 Å². The van der Waals surface area contributed by atoms with Gasteiger partial charge < -0.3 is 0 Å². The Balaban J connectivity index is 4.30. The number of hydrogen-bond acceptors (Lipinski definition) is 5. The van der Waals surface area contributed by atoms with Gasteiger partial charge in [-0.3, -0.25) is 4.89 Å². The number of unbranched alkanes of at least 4 members (excludes halogenated alkanes) is 1. The summed E-state index contributed by atoms with van der Waals surface area (Å²) >= 11 is 0. The molecule has 0 heterocycles. The Morgan fingerprint density at radius 1 is 1.32 bits per heavy atom. The van der Waals surface area contributed by atoms with Gasteiger partial charge in [-0.1, -0.05) is 40.5 Å². The molecule has 0 saturated carbocycles. The predicted molar refractivity (Wildman–Crippen MR) is 72.1 cm³/mol. The molecule has 114 valence electrons. The second-order valence-corrected chi connectivity index (χ2v) is 5.56. The molecule has 1 N–H and O–H groups in total. The van der Waals surface area contributed by atoms with Crippen molar-refractivity contribution in [2.75, 3.05) is 0 Å². The fourth-order valence-corrected chi connectivity index (χ4v) is 1.96. The molecule has 0 aromatic carbocycles. The van der Waals surface area contributed by atoms with Crippen molar-refractivity contribution >= 4 is 5.97 Å². The maximum absolute atomic E-state index is 11.8. The van der Waals surface area contributed by atoms with E-state index in [2.05, 4.69) is 11.8 Å². The van der Waals surface area contributed by atoms with E-state index < -0.39 is 11.8 Å². The highest BCUT2D eigenvalue weighted by Gasteiger charge is 2.32. The van der Waals surface area contributed by atoms with Gasteiger partial charge in [0, 0.05) is 6.42 Å². The molecule has 0 radical (unpaired) electrons. The molecule has 0 fully saturated rings. The SMILES string of the molecule is CCCCC(CC)C(=O)OOC(C)(CC(C)C)OO. The summed E-state index contributed by atoms with van der Waals surface area (Å²) in [5.41, 5.74) is 0. The lowest BCUT2D eigenvalue weighted by molar-refractivity contribution is -0.482. The topological polar surface area (TPSA) is 65.0 Å². The third-order valence-corrected chi connectivity index (χ3v) is 3.00. The molecule has 0 spiro atoms. The second kappa shape index (κ2) is 9.28. The summed E-state index contributed by atoms with van der Waals surface area (Å²) in [5.74, 6) is -1.64. The molecule has 0 aromatic heterocycles. The van der Waals surface area contributed by atoms with Crippen molar-refractivity contribution < 1.29 is 24.7 Å². The van der Waals surface area contributed by atoms with Crippen molar-refractivity contribution in [2.45, 2.75) is 72.5 Å². The standard InChI is InChI=1S/C14H28O5/c1-6-8-9-12(7-2)13(15)17-19-14(5,18-16)10-11(3)4/h11-12,16H,6-10H2,1-5H3. The van der Waals surface area contributed by atoms with E-state index in [0.717, 1.165) is 19.3 Å². The van der Waals surface area contributed by atoms with Crippen LogP contribution in [-0.4, -0.2) is 17.0 Å². The Hall–Kier alpha value is -0.650. The fourth-order valence-electron chi connectivity index (χ4n) is 1.96. The summed E-state index contributed by atoms with van der Waals surface area (Å²) in [6.45, 7) is 9.47. The maximum atomic E-state index is 11.8. The first-order valence-electron chi connectivity index (χ1n) is 7.10. The molecule has 0 rings (SSSR count). The highest BCUT2D eigenvalue weighted by Crippen LogP contribution is 2.23. The van der Waals surface area contributed by atoms with Crippen molar-refractivity contribution in [1.82, 2.24) is 0 Å². The quantitative estimate of drug-likeness (QED) is 0.372. The molecule has 0 saturated heterocycles. The van der Waals surface area contributed by atoms with Crippen LogP contribution in [0.2, 0.25) is 0 Å². The van der Waals surface area contributed by atoms with Gasteiger partial charge in [0.1, 0.15) is 0 Å². The van der Waals surface area contributed by atoms with Gasteiger partial charge in [-0.25, -0.2) is 10.1 Å². The first kappa shape index (κ1) is 18.4. The number of carbonyl (C=O) groups is 1. The van der Waals surface area contributed by atoms with Gasteiger partial charge in [0.05, 0.1) is 5.92 Å². The van der Waals surface area contributed by atoms with E-state index in [9.17, 15) is 4.79 Å². The molecular weight excluding hydrogens is 248 g/mol. The number of hydrogen-bond donors (Lipinski definition) is 1. The summed E-state index contributed by atoms with van der Waals surface area (Å²) in [6.07, 6.45) is 3.94. The van der Waals surface area contributed by atoms with Crippen LogP contribution in [0.3, 0.4) is 0 Å². The van der Waals surface area contributed by atoms with Crippen LogP contribution in [0.15, 0.2) is 0 Å². The van der Waals surface area contributed by atoms with Crippen molar-refractivity contribution in [3.05, 3.63) is 0 Å². The van der Waals surface area contributed by atoms with E-state index in [1.54, 1.807) is 0 Å². The van der Waals surface area contributed by atoms with Crippen LogP contribution in [0.4, 0.5) is 0 Å². The molecule has 0 aromatic rings. The molecule has 0 aliphatic rings. The lowest BCUT2D eigenvalue weighted by Gasteiger charge is -2.26. The summed E-state index contributed by atoms with van der Waals surface area (Å²) in [6, 6.07) is 0. The van der Waals surface area contributed by atoms with Gasteiger partial charge in [0.15, 0.2) is 0 Å². The highest BCUT2D eigenvalue weighted by molar-refractivity contribution is 5.71. The summed E-state index contributed by atoms with van der Waals surface area (Å²) in [4.78, 5) is 26.0. The zero-order valence-electron chi connectivity index (χ0n) is 12.8. The summed E-state index contributed by atoms with van der Waals surface area (Å²) in [7, 11) is 0. The molecular formula is C14H28O5. The van der Waals surface area contributed by atoms with Gasteiger partial charge in [0.25, 0.3) is 0 Å². The minimum absolute atomic E-state index is 0.165. The van der Waals surface area contributed by atoms with Crippen LogP contribution in [0, 0.1) is 11.8 Å². The van der Waals surface area contributed by atoms with E-state index in [1.165, 1.54) is 6.92 Å². The number of rotatable bonds is 10. The van der Waals surface area contributed by atoms with Gasteiger partial charge in [0.2, 0.25) is 5.79 Å². The minimum Gasteiger partial charge on any atom is -0.295 e. The van der Waals surface area contributed by atoms with Gasteiger partial charge >= 0.3 is 5.97 Å². The van der Waals surface area contributed by atoms with Crippen LogP contribution >= 0.6 is 0 Å². The van der Waals surface area contributed by atoms with Crippen LogP contribution < -0.4 is 0 Å². The predicted octanol–water partition coefficient (Wildman–Crippen LogP) is 3.93. The normalized spacial score (nSPS) is 16.2. The molecule has 0 aliphatic carbocycles. The zero-order valence-corrected chi connectivity index (χ0v) is 12.8. The lowest BCUT2D eigenvalue weighted by atomic mass is 10.00. The van der Waals surface area contributed by atoms with E-state index >= 15 is 0 Å². The van der Waals surface area contributed by atoms with Crippen molar-refractivity contribution in [1.29, 1.82) is 0 Å². The summed E-state index contributed by atoms with van der Waals surface area (Å²) < 4.78 is 0. The molecule has 0 amide bonds. The second-order valence-electron chi connectivity index (χ2n) is 5.56. The lowest BCUT2D eigenvalue weighted by Crippen LogP contribution is -2.35. The third kappa shape index (κ3) is 7.50. The Labute approximate surface area is 116 Å². The Morgan fingerprint density at radius 3 is 2.37 bits per heavy atom. The van der Waals surface area contributed by atoms with Crippen molar-refractivity contribution in [3.8, 4) is 0 Å². The Kier molecular flexibility index (Phi) is 8.97. The molecule has 5 nitrogen and oxygen atoms in total. The van der Waals surface area contributed by atoms with Crippen LogP contribution in [0.5, 0.6) is 0 Å². The fraction of sp³-hybridized carbons (Fsp3) is 0.929. The van der Waals surface area contributed by atoms with E-state index in [1.807, 2.05) is 20.8 Å². The van der Waals surface area contributed by atoms with E-state index in [-0.39, 0.29) is 11.8 Å². The smallest absolute Gasteiger partial charge is 0.295 e. The molecule has 19 heavy (non-hydrogen) atoms. The Morgan fingerprint density at radius 2 is 1.95 bits per heavy atom. The first-order valence-corrected chi connectivity index (χ1v) is 7.10. The highest BCUT2D eigenvalue weighted by atomic mass is 17.3. The van der Waals surface area contributed by atoms with Crippen LogP contribution in [0.1, 0.15) is 66.7 Å². The Bertz CT molecular complexity index is 254. The number of carbonyl (C=O) groups excluding carboxylic acids is 1.